The van der Waals surface area contributed by atoms with Crippen LogP contribution in [0.2, 0.25) is 0 Å². The van der Waals surface area contributed by atoms with E-state index in [9.17, 15) is 15.2 Å². The molecule has 0 aliphatic heterocycles. The Balaban J connectivity index is 2.50. The average molecular weight is 258 g/mol. The highest BCUT2D eigenvalue weighted by Crippen LogP contribution is 2.49. The summed E-state index contributed by atoms with van der Waals surface area (Å²) in [5.41, 5.74) is 6.36. The first-order valence-corrected chi connectivity index (χ1v) is 6.58. The van der Waals surface area contributed by atoms with Crippen molar-refractivity contribution in [3.8, 4) is 6.07 Å². The summed E-state index contributed by atoms with van der Waals surface area (Å²) >= 11 is 0. The quantitative estimate of drug-likeness (QED) is 0.867. The van der Waals surface area contributed by atoms with Gasteiger partial charge in [0, 0.05) is 12.5 Å². The normalized spacial score (nSPS) is 18.7. The predicted molar refractivity (Wildman–Crippen MR) is 71.5 cm³/mol. The van der Waals surface area contributed by atoms with Gasteiger partial charge in [0.25, 0.3) is 0 Å². The number of carboxylic acid groups (broad SMARTS) is 1. The lowest BCUT2D eigenvalue weighted by molar-refractivity contribution is -0.150. The van der Waals surface area contributed by atoms with Crippen molar-refractivity contribution in [2.24, 2.45) is 11.1 Å². The second kappa shape index (κ2) is 5.41. The van der Waals surface area contributed by atoms with Gasteiger partial charge in [-0.05, 0) is 24.5 Å². The van der Waals surface area contributed by atoms with Crippen LogP contribution in [-0.4, -0.2) is 17.6 Å². The van der Waals surface area contributed by atoms with Crippen molar-refractivity contribution in [3.05, 3.63) is 35.4 Å². The Morgan fingerprint density at radius 2 is 2.05 bits per heavy atom. The zero-order valence-electron chi connectivity index (χ0n) is 10.8. The fourth-order valence-corrected chi connectivity index (χ4v) is 3.27. The van der Waals surface area contributed by atoms with Gasteiger partial charge in [0.2, 0.25) is 0 Å². The predicted octanol–water partition coefficient (Wildman–Crippen LogP) is 2.25. The van der Waals surface area contributed by atoms with E-state index in [2.05, 4.69) is 6.07 Å². The molecule has 0 saturated heterocycles. The number of aliphatic carboxylic acids is 1. The molecule has 0 radical (unpaired) electrons. The number of nitrogens with zero attached hydrogens (tertiary/aromatic N) is 1. The van der Waals surface area contributed by atoms with Gasteiger partial charge in [-0.25, -0.2) is 0 Å². The van der Waals surface area contributed by atoms with Gasteiger partial charge in [-0.15, -0.1) is 0 Å². The van der Waals surface area contributed by atoms with Crippen molar-refractivity contribution < 1.29 is 9.90 Å². The molecule has 1 fully saturated rings. The summed E-state index contributed by atoms with van der Waals surface area (Å²) in [6.07, 6.45) is 3.11. The molecule has 19 heavy (non-hydrogen) atoms. The molecule has 0 heterocycles. The van der Waals surface area contributed by atoms with Crippen LogP contribution < -0.4 is 5.73 Å². The zero-order valence-corrected chi connectivity index (χ0v) is 10.8. The standard InChI is InChI=1S/C15H18N2O2/c16-9-11-5-1-2-6-12(11)13(10-17)15(14(18)19)7-3-4-8-15/h1-2,5-6,13H,3-4,7-8,10,17H2,(H,18,19)/t13-/m1/s1. The Morgan fingerprint density at radius 3 is 2.58 bits per heavy atom. The van der Waals surface area contributed by atoms with E-state index in [1.807, 2.05) is 12.1 Å². The Bertz CT molecular complexity index is 513. The first kappa shape index (κ1) is 13.6. The summed E-state index contributed by atoms with van der Waals surface area (Å²) in [5.74, 6) is -1.07. The number of carbonyl (C=O) groups is 1. The van der Waals surface area contributed by atoms with Crippen molar-refractivity contribution in [1.29, 1.82) is 5.26 Å². The van der Waals surface area contributed by atoms with Crippen LogP contribution in [0, 0.1) is 16.7 Å². The van der Waals surface area contributed by atoms with E-state index in [1.54, 1.807) is 12.1 Å². The van der Waals surface area contributed by atoms with Crippen molar-refractivity contribution in [1.82, 2.24) is 0 Å². The SMILES string of the molecule is N#Cc1ccccc1[C@@H](CN)C1(C(=O)O)CCCC1. The van der Waals surface area contributed by atoms with Gasteiger partial charge >= 0.3 is 5.97 Å². The third-order valence-electron chi connectivity index (χ3n) is 4.28. The Kier molecular flexibility index (Phi) is 3.87. The van der Waals surface area contributed by atoms with Gasteiger partial charge in [0.15, 0.2) is 0 Å². The number of nitriles is 1. The minimum absolute atomic E-state index is 0.255. The highest BCUT2D eigenvalue weighted by atomic mass is 16.4. The fourth-order valence-electron chi connectivity index (χ4n) is 3.27. The minimum atomic E-state index is -0.804. The van der Waals surface area contributed by atoms with Crippen molar-refractivity contribution in [2.45, 2.75) is 31.6 Å². The van der Waals surface area contributed by atoms with Gasteiger partial charge in [-0.2, -0.15) is 5.26 Å². The van der Waals surface area contributed by atoms with Crippen LogP contribution in [0.3, 0.4) is 0 Å². The van der Waals surface area contributed by atoms with Crippen LogP contribution in [0.4, 0.5) is 0 Å². The third-order valence-corrected chi connectivity index (χ3v) is 4.28. The molecule has 1 aliphatic rings. The van der Waals surface area contributed by atoms with E-state index in [0.29, 0.717) is 18.4 Å². The number of benzene rings is 1. The van der Waals surface area contributed by atoms with E-state index < -0.39 is 11.4 Å². The monoisotopic (exact) mass is 258 g/mol. The lowest BCUT2D eigenvalue weighted by atomic mass is 9.69. The van der Waals surface area contributed by atoms with Gasteiger partial charge in [0.05, 0.1) is 17.0 Å². The summed E-state index contributed by atoms with van der Waals surface area (Å²) in [7, 11) is 0. The number of hydrogen-bond acceptors (Lipinski definition) is 3. The average Bonchev–Trinajstić information content (AvgIpc) is 2.91. The van der Waals surface area contributed by atoms with E-state index in [0.717, 1.165) is 18.4 Å². The molecule has 100 valence electrons. The van der Waals surface area contributed by atoms with Crippen LogP contribution in [0.5, 0.6) is 0 Å². The maximum absolute atomic E-state index is 11.8. The molecule has 1 aliphatic carbocycles. The molecule has 1 atom stereocenters. The Morgan fingerprint density at radius 1 is 1.42 bits per heavy atom. The summed E-state index contributed by atoms with van der Waals surface area (Å²) in [6.45, 7) is 0.255. The summed E-state index contributed by atoms with van der Waals surface area (Å²) in [6, 6.07) is 9.32. The topological polar surface area (TPSA) is 87.1 Å². The van der Waals surface area contributed by atoms with Crippen molar-refractivity contribution in [3.63, 3.8) is 0 Å². The highest BCUT2D eigenvalue weighted by Gasteiger charge is 2.48. The maximum Gasteiger partial charge on any atom is 0.310 e. The molecule has 1 saturated carbocycles. The second-order valence-corrected chi connectivity index (χ2v) is 5.16. The summed E-state index contributed by atoms with van der Waals surface area (Å²) < 4.78 is 0. The molecule has 2 rings (SSSR count). The molecule has 4 nitrogen and oxygen atoms in total. The molecule has 0 spiro atoms. The molecule has 0 aromatic heterocycles. The number of carboxylic acids is 1. The summed E-state index contributed by atoms with van der Waals surface area (Å²) in [5, 5.41) is 18.8. The van der Waals surface area contributed by atoms with Gasteiger partial charge in [0.1, 0.15) is 0 Å². The Hall–Kier alpha value is -1.86. The van der Waals surface area contributed by atoms with Crippen LogP contribution in [0.25, 0.3) is 0 Å². The smallest absolute Gasteiger partial charge is 0.310 e. The van der Waals surface area contributed by atoms with E-state index in [4.69, 9.17) is 5.73 Å². The van der Waals surface area contributed by atoms with Crippen LogP contribution in [0.15, 0.2) is 24.3 Å². The highest BCUT2D eigenvalue weighted by molar-refractivity contribution is 5.77. The maximum atomic E-state index is 11.8. The third kappa shape index (κ3) is 2.22. The minimum Gasteiger partial charge on any atom is -0.481 e. The van der Waals surface area contributed by atoms with Crippen molar-refractivity contribution in [2.75, 3.05) is 6.54 Å². The molecule has 0 unspecified atom stereocenters. The zero-order chi connectivity index (χ0) is 13.9. The lowest BCUT2D eigenvalue weighted by Crippen LogP contribution is -2.38. The molecule has 0 amide bonds. The van der Waals surface area contributed by atoms with Gasteiger partial charge in [-0.3, -0.25) is 4.79 Å². The van der Waals surface area contributed by atoms with Crippen molar-refractivity contribution >= 4 is 5.97 Å². The second-order valence-electron chi connectivity index (χ2n) is 5.16. The van der Waals surface area contributed by atoms with E-state index in [1.165, 1.54) is 0 Å². The first-order valence-electron chi connectivity index (χ1n) is 6.58. The Labute approximate surface area is 112 Å². The molecule has 1 aromatic carbocycles. The van der Waals surface area contributed by atoms with Crippen LogP contribution in [0.1, 0.15) is 42.7 Å². The van der Waals surface area contributed by atoms with Crippen LogP contribution in [-0.2, 0) is 4.79 Å². The van der Waals surface area contributed by atoms with Gasteiger partial charge < -0.3 is 10.8 Å². The molecule has 1 aromatic rings. The molecule has 0 bridgehead atoms. The van der Waals surface area contributed by atoms with Crippen LogP contribution >= 0.6 is 0 Å². The lowest BCUT2D eigenvalue weighted by Gasteiger charge is -2.33. The number of nitrogens with two attached hydrogens (primary N) is 1. The molecule has 3 N–H and O–H groups in total. The number of rotatable bonds is 4. The fraction of sp³-hybridized carbons (Fsp3) is 0.467. The van der Waals surface area contributed by atoms with Gasteiger partial charge in [-0.1, -0.05) is 31.0 Å². The first-order chi connectivity index (χ1) is 9.15. The van der Waals surface area contributed by atoms with E-state index in [-0.39, 0.29) is 12.5 Å². The summed E-state index contributed by atoms with van der Waals surface area (Å²) in [4.78, 5) is 11.8. The molecular formula is C15H18N2O2. The largest absolute Gasteiger partial charge is 0.481 e. The molecular weight excluding hydrogens is 240 g/mol. The molecule has 4 heteroatoms. The number of hydrogen-bond donors (Lipinski definition) is 2. The van der Waals surface area contributed by atoms with E-state index >= 15 is 0 Å².